The predicted octanol–water partition coefficient (Wildman–Crippen LogP) is 2.47. The van der Waals surface area contributed by atoms with Crippen LogP contribution in [0.25, 0.3) is 0 Å². The maximum atomic E-state index is 12.8. The van der Waals surface area contributed by atoms with E-state index in [1.54, 1.807) is 24.9 Å². The second-order valence-corrected chi connectivity index (χ2v) is 4.12. The van der Waals surface area contributed by atoms with Gasteiger partial charge < -0.3 is 4.74 Å². The Kier molecular flexibility index (Phi) is 5.38. The number of benzene rings is 1. The first-order valence-corrected chi connectivity index (χ1v) is 5.68. The standard InChI is InChI=1S/C12H15ClFNO2/c1-3-17-12(16)8-15(2)7-9-4-5-10(14)6-11(9)13/h4-6H,3,7-8H2,1-2H3. The van der Waals surface area contributed by atoms with Crippen molar-refractivity contribution in [2.24, 2.45) is 0 Å². The van der Waals surface area contributed by atoms with Gasteiger partial charge in [-0.15, -0.1) is 0 Å². The fourth-order valence-electron chi connectivity index (χ4n) is 1.42. The van der Waals surface area contributed by atoms with E-state index in [-0.39, 0.29) is 18.3 Å². The zero-order valence-corrected chi connectivity index (χ0v) is 10.6. The molecule has 1 aromatic carbocycles. The highest BCUT2D eigenvalue weighted by molar-refractivity contribution is 6.31. The number of rotatable bonds is 5. The third-order valence-electron chi connectivity index (χ3n) is 2.16. The maximum absolute atomic E-state index is 12.8. The summed E-state index contributed by atoms with van der Waals surface area (Å²) in [4.78, 5) is 13.0. The Labute approximate surface area is 105 Å². The lowest BCUT2D eigenvalue weighted by Gasteiger charge is -2.16. The van der Waals surface area contributed by atoms with Crippen LogP contribution in [-0.4, -0.2) is 31.1 Å². The summed E-state index contributed by atoms with van der Waals surface area (Å²) >= 11 is 5.89. The number of hydrogen-bond donors (Lipinski definition) is 0. The Morgan fingerprint density at radius 1 is 1.53 bits per heavy atom. The molecule has 0 aliphatic heterocycles. The molecule has 1 rings (SSSR count). The van der Waals surface area contributed by atoms with Crippen molar-refractivity contribution in [3.63, 3.8) is 0 Å². The number of ether oxygens (including phenoxy) is 1. The first-order valence-electron chi connectivity index (χ1n) is 5.31. The molecule has 94 valence electrons. The third-order valence-corrected chi connectivity index (χ3v) is 2.51. The monoisotopic (exact) mass is 259 g/mol. The van der Waals surface area contributed by atoms with E-state index in [2.05, 4.69) is 0 Å². The lowest BCUT2D eigenvalue weighted by Crippen LogP contribution is -2.27. The molecule has 0 N–H and O–H groups in total. The molecule has 0 heterocycles. The van der Waals surface area contributed by atoms with Crippen molar-refractivity contribution >= 4 is 17.6 Å². The highest BCUT2D eigenvalue weighted by atomic mass is 35.5. The van der Waals surface area contributed by atoms with Crippen molar-refractivity contribution < 1.29 is 13.9 Å². The Morgan fingerprint density at radius 2 is 2.24 bits per heavy atom. The molecule has 0 fully saturated rings. The van der Waals surface area contributed by atoms with Gasteiger partial charge in [0, 0.05) is 11.6 Å². The van der Waals surface area contributed by atoms with Gasteiger partial charge in [0.25, 0.3) is 0 Å². The number of likely N-dealkylation sites (N-methyl/N-ethyl adjacent to an activating group) is 1. The van der Waals surface area contributed by atoms with Crippen LogP contribution in [0.15, 0.2) is 18.2 Å². The summed E-state index contributed by atoms with van der Waals surface area (Å²) in [5, 5.41) is 0.362. The van der Waals surface area contributed by atoms with Crippen LogP contribution >= 0.6 is 11.6 Å². The molecule has 0 aliphatic carbocycles. The molecule has 1 aromatic rings. The van der Waals surface area contributed by atoms with Gasteiger partial charge in [0.05, 0.1) is 13.2 Å². The molecular formula is C12H15ClFNO2. The number of carbonyl (C=O) groups is 1. The fourth-order valence-corrected chi connectivity index (χ4v) is 1.65. The summed E-state index contributed by atoms with van der Waals surface area (Å²) in [5.41, 5.74) is 0.778. The van der Waals surface area contributed by atoms with Crippen LogP contribution < -0.4 is 0 Å². The van der Waals surface area contributed by atoms with Crippen LogP contribution in [0.3, 0.4) is 0 Å². The van der Waals surface area contributed by atoms with Crippen molar-refractivity contribution in [1.82, 2.24) is 4.90 Å². The van der Waals surface area contributed by atoms with Crippen LogP contribution in [0.2, 0.25) is 5.02 Å². The van der Waals surface area contributed by atoms with Gasteiger partial charge >= 0.3 is 5.97 Å². The Balaban J connectivity index is 2.55. The lowest BCUT2D eigenvalue weighted by molar-refractivity contribution is -0.144. The molecule has 0 saturated heterocycles. The molecule has 0 aliphatic rings. The smallest absolute Gasteiger partial charge is 0.320 e. The van der Waals surface area contributed by atoms with E-state index in [0.717, 1.165) is 5.56 Å². The van der Waals surface area contributed by atoms with Gasteiger partial charge in [-0.1, -0.05) is 17.7 Å². The fraction of sp³-hybridized carbons (Fsp3) is 0.417. The summed E-state index contributed by atoms with van der Waals surface area (Å²) in [5.74, 6) is -0.653. The topological polar surface area (TPSA) is 29.5 Å². The van der Waals surface area contributed by atoms with Gasteiger partial charge in [-0.05, 0) is 31.7 Å². The second-order valence-electron chi connectivity index (χ2n) is 3.71. The van der Waals surface area contributed by atoms with Crippen molar-refractivity contribution in [2.45, 2.75) is 13.5 Å². The molecule has 0 unspecified atom stereocenters. The normalized spacial score (nSPS) is 10.6. The number of carbonyl (C=O) groups excluding carboxylic acids is 1. The van der Waals surface area contributed by atoms with Crippen LogP contribution in [-0.2, 0) is 16.1 Å². The summed E-state index contributed by atoms with van der Waals surface area (Å²) in [6.45, 7) is 2.78. The van der Waals surface area contributed by atoms with E-state index in [0.29, 0.717) is 18.2 Å². The third kappa shape index (κ3) is 4.71. The molecule has 5 heteroatoms. The SMILES string of the molecule is CCOC(=O)CN(C)Cc1ccc(F)cc1Cl. The van der Waals surface area contributed by atoms with Crippen molar-refractivity contribution in [3.8, 4) is 0 Å². The van der Waals surface area contributed by atoms with E-state index in [1.807, 2.05) is 0 Å². The van der Waals surface area contributed by atoms with Crippen LogP contribution in [0.4, 0.5) is 4.39 Å². The van der Waals surface area contributed by atoms with Crippen molar-refractivity contribution in [2.75, 3.05) is 20.2 Å². The van der Waals surface area contributed by atoms with Crippen LogP contribution in [0.1, 0.15) is 12.5 Å². The van der Waals surface area contributed by atoms with Crippen molar-refractivity contribution in [3.05, 3.63) is 34.6 Å². The first kappa shape index (κ1) is 13.9. The minimum absolute atomic E-state index is 0.182. The van der Waals surface area contributed by atoms with Crippen LogP contribution in [0.5, 0.6) is 0 Å². The highest BCUT2D eigenvalue weighted by Crippen LogP contribution is 2.18. The zero-order chi connectivity index (χ0) is 12.8. The quantitative estimate of drug-likeness (QED) is 0.761. The largest absolute Gasteiger partial charge is 0.465 e. The van der Waals surface area contributed by atoms with Gasteiger partial charge in [-0.25, -0.2) is 4.39 Å². The summed E-state index contributed by atoms with van der Waals surface area (Å²) in [7, 11) is 1.77. The highest BCUT2D eigenvalue weighted by Gasteiger charge is 2.09. The number of hydrogen-bond acceptors (Lipinski definition) is 3. The molecule has 0 atom stereocenters. The average Bonchev–Trinajstić information content (AvgIpc) is 2.22. The molecule has 3 nitrogen and oxygen atoms in total. The Hall–Kier alpha value is -1.13. The molecule has 0 bridgehead atoms. The molecule has 0 amide bonds. The average molecular weight is 260 g/mol. The van der Waals surface area contributed by atoms with Gasteiger partial charge in [0.2, 0.25) is 0 Å². The van der Waals surface area contributed by atoms with Crippen LogP contribution in [0, 0.1) is 5.82 Å². The number of esters is 1. The van der Waals surface area contributed by atoms with E-state index >= 15 is 0 Å². The predicted molar refractivity (Wildman–Crippen MR) is 64.4 cm³/mol. The summed E-state index contributed by atoms with van der Waals surface area (Å²) in [6, 6.07) is 4.22. The minimum Gasteiger partial charge on any atom is -0.465 e. The molecule has 0 saturated carbocycles. The first-order chi connectivity index (χ1) is 8.02. The summed E-state index contributed by atoms with van der Waals surface area (Å²) in [6.07, 6.45) is 0. The van der Waals surface area contributed by atoms with Gasteiger partial charge in [0.15, 0.2) is 0 Å². The van der Waals surface area contributed by atoms with Crippen molar-refractivity contribution in [1.29, 1.82) is 0 Å². The molecule has 0 aromatic heterocycles. The lowest BCUT2D eigenvalue weighted by atomic mass is 10.2. The molecule has 17 heavy (non-hydrogen) atoms. The van der Waals surface area contributed by atoms with Gasteiger partial charge in [-0.3, -0.25) is 9.69 Å². The second kappa shape index (κ2) is 6.57. The minimum atomic E-state index is -0.369. The maximum Gasteiger partial charge on any atom is 0.320 e. The Morgan fingerprint density at radius 3 is 2.82 bits per heavy atom. The zero-order valence-electron chi connectivity index (χ0n) is 9.87. The molecular weight excluding hydrogens is 245 g/mol. The van der Waals surface area contributed by atoms with E-state index < -0.39 is 0 Å². The van der Waals surface area contributed by atoms with E-state index in [4.69, 9.17) is 16.3 Å². The summed E-state index contributed by atoms with van der Waals surface area (Å²) < 4.78 is 17.6. The van der Waals surface area contributed by atoms with E-state index in [9.17, 15) is 9.18 Å². The number of nitrogens with zero attached hydrogens (tertiary/aromatic N) is 1. The van der Waals surface area contributed by atoms with Gasteiger partial charge in [-0.2, -0.15) is 0 Å². The van der Waals surface area contributed by atoms with E-state index in [1.165, 1.54) is 12.1 Å². The van der Waals surface area contributed by atoms with Gasteiger partial charge in [0.1, 0.15) is 5.82 Å². The number of halogens is 2. The molecule has 0 spiro atoms. The Bertz CT molecular complexity index is 398. The molecule has 0 radical (unpaired) electrons.